The van der Waals surface area contributed by atoms with Gasteiger partial charge in [0.05, 0.1) is 11.5 Å². The number of imide groups is 1. The number of amides is 3. The van der Waals surface area contributed by atoms with Gasteiger partial charge in [0.2, 0.25) is 0 Å². The molecule has 1 fully saturated rings. The van der Waals surface area contributed by atoms with Crippen molar-refractivity contribution in [1.82, 2.24) is 10.2 Å². The summed E-state index contributed by atoms with van der Waals surface area (Å²) in [7, 11) is 0. The number of nitrogens with zero attached hydrogens (tertiary/aromatic N) is 2. The average Bonchev–Trinajstić information content (AvgIpc) is 2.88. The van der Waals surface area contributed by atoms with E-state index in [-0.39, 0.29) is 23.9 Å². The maximum atomic E-state index is 13.3. The molecule has 10 heteroatoms. The molecule has 1 aliphatic rings. The Bertz CT molecular complexity index is 969. The van der Waals surface area contributed by atoms with Gasteiger partial charge >= 0.3 is 6.03 Å². The summed E-state index contributed by atoms with van der Waals surface area (Å²) in [5.74, 6) is -0.596. The number of carbonyl (C=O) groups is 2. The van der Waals surface area contributed by atoms with E-state index < -0.39 is 28.2 Å². The number of nitrogens with one attached hydrogen (secondary N) is 1. The topological polar surface area (TPSA) is 102 Å². The molecule has 1 N–H and O–H groups in total. The summed E-state index contributed by atoms with van der Waals surface area (Å²) in [6, 6.07) is 8.65. The SMILES string of the molecule is CC1(c2ccc(F)cc2Cl)NC(=O)N(CCCOc2ccc([N+](=O)[O-])cc2)C1=O. The third kappa shape index (κ3) is 4.14. The Labute approximate surface area is 170 Å². The number of ether oxygens (including phenoxy) is 1. The normalized spacial score (nSPS) is 18.7. The van der Waals surface area contributed by atoms with Crippen LogP contribution in [-0.2, 0) is 10.3 Å². The van der Waals surface area contributed by atoms with Crippen LogP contribution < -0.4 is 10.1 Å². The third-order valence-electron chi connectivity index (χ3n) is 4.59. The van der Waals surface area contributed by atoms with Crippen LogP contribution in [0.2, 0.25) is 5.02 Å². The number of nitro groups is 1. The molecule has 0 bridgehead atoms. The molecule has 0 saturated carbocycles. The first-order valence-corrected chi connectivity index (χ1v) is 9.07. The van der Waals surface area contributed by atoms with E-state index >= 15 is 0 Å². The van der Waals surface area contributed by atoms with Crippen molar-refractivity contribution in [2.75, 3.05) is 13.2 Å². The number of rotatable bonds is 7. The number of nitro benzene ring substituents is 1. The summed E-state index contributed by atoms with van der Waals surface area (Å²) in [5, 5.41) is 13.3. The number of benzene rings is 2. The third-order valence-corrected chi connectivity index (χ3v) is 4.90. The second-order valence-electron chi connectivity index (χ2n) is 6.59. The highest BCUT2D eigenvalue weighted by Gasteiger charge is 2.49. The number of urea groups is 1. The summed E-state index contributed by atoms with van der Waals surface area (Å²) in [6.45, 7) is 1.81. The van der Waals surface area contributed by atoms with E-state index in [0.717, 1.165) is 11.0 Å². The van der Waals surface area contributed by atoms with Gasteiger partial charge in [-0.05, 0) is 37.6 Å². The molecule has 3 rings (SSSR count). The molecule has 29 heavy (non-hydrogen) atoms. The molecule has 1 atom stereocenters. The van der Waals surface area contributed by atoms with Crippen molar-refractivity contribution < 1.29 is 23.6 Å². The molecule has 1 heterocycles. The molecule has 0 aliphatic carbocycles. The van der Waals surface area contributed by atoms with Crippen LogP contribution in [0.25, 0.3) is 0 Å². The lowest BCUT2D eigenvalue weighted by Gasteiger charge is -2.23. The zero-order chi connectivity index (χ0) is 21.2. The quantitative estimate of drug-likeness (QED) is 0.318. The lowest BCUT2D eigenvalue weighted by atomic mass is 9.92. The molecular weight excluding hydrogens is 405 g/mol. The fourth-order valence-corrected chi connectivity index (χ4v) is 3.41. The Morgan fingerprint density at radius 3 is 2.55 bits per heavy atom. The lowest BCUT2D eigenvalue weighted by molar-refractivity contribution is -0.384. The molecule has 1 unspecified atom stereocenters. The van der Waals surface area contributed by atoms with Gasteiger partial charge in [0, 0.05) is 29.3 Å². The van der Waals surface area contributed by atoms with E-state index in [0.29, 0.717) is 17.7 Å². The fraction of sp³-hybridized carbons (Fsp3) is 0.263. The number of hydrogen-bond acceptors (Lipinski definition) is 5. The highest BCUT2D eigenvalue weighted by atomic mass is 35.5. The highest BCUT2D eigenvalue weighted by molar-refractivity contribution is 6.32. The zero-order valence-electron chi connectivity index (χ0n) is 15.4. The Morgan fingerprint density at radius 2 is 1.93 bits per heavy atom. The maximum absolute atomic E-state index is 13.3. The number of carbonyl (C=O) groups excluding carboxylic acids is 2. The Hall–Kier alpha value is -3.20. The van der Waals surface area contributed by atoms with Gasteiger partial charge in [-0.3, -0.25) is 19.8 Å². The minimum atomic E-state index is -1.39. The second-order valence-corrected chi connectivity index (χ2v) is 7.00. The molecule has 0 radical (unpaired) electrons. The van der Waals surface area contributed by atoms with E-state index in [4.69, 9.17) is 16.3 Å². The van der Waals surface area contributed by atoms with E-state index in [2.05, 4.69) is 5.32 Å². The van der Waals surface area contributed by atoms with E-state index in [9.17, 15) is 24.1 Å². The predicted molar refractivity (Wildman–Crippen MR) is 102 cm³/mol. The Balaban J connectivity index is 1.59. The van der Waals surface area contributed by atoms with Crippen LogP contribution in [0.5, 0.6) is 5.75 Å². The van der Waals surface area contributed by atoms with Crippen LogP contribution in [0.1, 0.15) is 18.9 Å². The van der Waals surface area contributed by atoms with Crippen LogP contribution in [0.4, 0.5) is 14.9 Å². The summed E-state index contributed by atoms with van der Waals surface area (Å²) < 4.78 is 18.8. The van der Waals surface area contributed by atoms with Crippen LogP contribution >= 0.6 is 11.6 Å². The smallest absolute Gasteiger partial charge is 0.325 e. The van der Waals surface area contributed by atoms with Crippen LogP contribution in [-0.4, -0.2) is 34.9 Å². The van der Waals surface area contributed by atoms with Crippen molar-refractivity contribution in [1.29, 1.82) is 0 Å². The minimum absolute atomic E-state index is 0.0458. The Morgan fingerprint density at radius 1 is 1.24 bits per heavy atom. The number of non-ortho nitro benzene ring substituents is 1. The molecule has 152 valence electrons. The lowest BCUT2D eigenvalue weighted by Crippen LogP contribution is -2.41. The standard InChI is InChI=1S/C19H17ClFN3O5/c1-19(15-8-3-12(21)11-16(15)20)17(25)23(18(26)22-19)9-2-10-29-14-6-4-13(5-7-14)24(27)28/h3-8,11H,2,9-10H2,1H3,(H,22,26). The summed E-state index contributed by atoms with van der Waals surface area (Å²) in [6.07, 6.45) is 0.351. The fourth-order valence-electron chi connectivity index (χ4n) is 3.05. The molecule has 1 aliphatic heterocycles. The first kappa shape index (κ1) is 20.5. The van der Waals surface area contributed by atoms with E-state index in [1.54, 1.807) is 0 Å². The molecule has 8 nitrogen and oxygen atoms in total. The van der Waals surface area contributed by atoms with Gasteiger partial charge in [0.15, 0.2) is 0 Å². The van der Waals surface area contributed by atoms with Gasteiger partial charge in [-0.25, -0.2) is 9.18 Å². The number of hydrogen-bond donors (Lipinski definition) is 1. The molecule has 1 saturated heterocycles. The van der Waals surface area contributed by atoms with Crippen molar-refractivity contribution >= 4 is 29.2 Å². The first-order chi connectivity index (χ1) is 13.7. The monoisotopic (exact) mass is 421 g/mol. The average molecular weight is 422 g/mol. The van der Waals surface area contributed by atoms with Crippen molar-refractivity contribution in [3.63, 3.8) is 0 Å². The van der Waals surface area contributed by atoms with Gasteiger partial charge in [-0.1, -0.05) is 17.7 Å². The van der Waals surface area contributed by atoms with Crippen molar-refractivity contribution in [2.45, 2.75) is 18.9 Å². The van der Waals surface area contributed by atoms with Crippen LogP contribution in [0.15, 0.2) is 42.5 Å². The number of halogens is 2. The molecule has 0 spiro atoms. The van der Waals surface area contributed by atoms with Gasteiger partial charge in [-0.15, -0.1) is 0 Å². The van der Waals surface area contributed by atoms with Crippen molar-refractivity contribution in [3.05, 3.63) is 69.0 Å². The first-order valence-electron chi connectivity index (χ1n) is 8.69. The van der Waals surface area contributed by atoms with Gasteiger partial charge in [-0.2, -0.15) is 0 Å². The van der Waals surface area contributed by atoms with Crippen LogP contribution in [0, 0.1) is 15.9 Å². The molecular formula is C19H17ClFN3O5. The van der Waals surface area contributed by atoms with Gasteiger partial charge in [0.25, 0.3) is 11.6 Å². The molecule has 3 amide bonds. The second kappa shape index (κ2) is 8.04. The molecule has 2 aromatic carbocycles. The molecule has 2 aromatic rings. The van der Waals surface area contributed by atoms with E-state index in [1.807, 2.05) is 0 Å². The van der Waals surface area contributed by atoms with Gasteiger partial charge < -0.3 is 10.1 Å². The maximum Gasteiger partial charge on any atom is 0.325 e. The van der Waals surface area contributed by atoms with Crippen molar-refractivity contribution in [3.8, 4) is 5.75 Å². The van der Waals surface area contributed by atoms with Gasteiger partial charge in [0.1, 0.15) is 17.1 Å². The van der Waals surface area contributed by atoms with E-state index in [1.165, 1.54) is 43.3 Å². The van der Waals surface area contributed by atoms with Crippen molar-refractivity contribution in [2.24, 2.45) is 0 Å². The summed E-state index contributed by atoms with van der Waals surface area (Å²) >= 11 is 6.06. The zero-order valence-corrected chi connectivity index (χ0v) is 16.1. The molecule has 0 aromatic heterocycles. The summed E-state index contributed by atoms with van der Waals surface area (Å²) in [5.41, 5.74) is -1.12. The summed E-state index contributed by atoms with van der Waals surface area (Å²) in [4.78, 5) is 36.3. The Kier molecular flexibility index (Phi) is 5.69. The van der Waals surface area contributed by atoms with Crippen LogP contribution in [0.3, 0.4) is 0 Å². The predicted octanol–water partition coefficient (Wildman–Crippen LogP) is 3.62. The minimum Gasteiger partial charge on any atom is -0.494 e. The highest BCUT2D eigenvalue weighted by Crippen LogP contribution is 2.34. The largest absolute Gasteiger partial charge is 0.494 e.